The lowest BCUT2D eigenvalue weighted by Gasteiger charge is -2.30. The minimum absolute atomic E-state index is 0.108. The molecule has 3 rings (SSSR count). The van der Waals surface area contributed by atoms with Crippen molar-refractivity contribution in [1.82, 2.24) is 4.90 Å². The zero-order chi connectivity index (χ0) is 21.0. The van der Waals surface area contributed by atoms with Gasteiger partial charge in [0.05, 0.1) is 44.7 Å². The molecule has 2 aromatic rings. The number of nitrogens with zero attached hydrogens (tertiary/aromatic N) is 1. The molecular formula is C21H28N3O4S+. The van der Waals surface area contributed by atoms with E-state index in [9.17, 15) is 13.2 Å². The molecule has 1 aliphatic rings. The van der Waals surface area contributed by atoms with E-state index >= 15 is 0 Å². The van der Waals surface area contributed by atoms with Crippen molar-refractivity contribution in [2.24, 2.45) is 0 Å². The van der Waals surface area contributed by atoms with Gasteiger partial charge in [-0.15, -0.1) is 0 Å². The third-order valence-corrected chi connectivity index (χ3v) is 6.57. The molecule has 0 unspecified atom stereocenters. The maximum atomic E-state index is 13.0. The van der Waals surface area contributed by atoms with Crippen LogP contribution >= 0.6 is 0 Å². The summed E-state index contributed by atoms with van der Waals surface area (Å²) in [7, 11) is -1.73. The molecule has 29 heavy (non-hydrogen) atoms. The van der Waals surface area contributed by atoms with Crippen LogP contribution in [0.15, 0.2) is 47.4 Å². The molecule has 7 nitrogen and oxygen atoms in total. The number of amides is 1. The Morgan fingerprint density at radius 2 is 1.79 bits per heavy atom. The number of aryl methyl sites for hydroxylation is 1. The van der Waals surface area contributed by atoms with Crippen molar-refractivity contribution in [2.75, 3.05) is 44.6 Å². The number of hydrogen-bond donors (Lipinski definition) is 2. The van der Waals surface area contributed by atoms with Crippen LogP contribution in [0.2, 0.25) is 0 Å². The lowest BCUT2D eigenvalue weighted by molar-refractivity contribution is -0.883. The van der Waals surface area contributed by atoms with E-state index in [0.29, 0.717) is 42.3 Å². The van der Waals surface area contributed by atoms with E-state index in [1.54, 1.807) is 48.2 Å². The SMILES string of the molecule is CCOc1ccc(NS(=O)(=O)c2cc(C(=O)N3CC[NH+](C)CC3)ccc2C)cc1. The summed E-state index contributed by atoms with van der Waals surface area (Å²) in [6.07, 6.45) is 0. The minimum atomic E-state index is -3.83. The normalized spacial score (nSPS) is 15.2. The average molecular weight is 419 g/mol. The van der Waals surface area contributed by atoms with Gasteiger partial charge in [0.25, 0.3) is 15.9 Å². The Morgan fingerprint density at radius 1 is 1.14 bits per heavy atom. The number of likely N-dealkylation sites (N-methyl/N-ethyl adjacent to an activating group) is 1. The van der Waals surface area contributed by atoms with Crippen LogP contribution in [0.25, 0.3) is 0 Å². The van der Waals surface area contributed by atoms with Crippen molar-refractivity contribution in [2.45, 2.75) is 18.7 Å². The fourth-order valence-corrected chi connectivity index (χ4v) is 4.62. The largest absolute Gasteiger partial charge is 0.494 e. The fraction of sp³-hybridized carbons (Fsp3) is 0.381. The van der Waals surface area contributed by atoms with Crippen molar-refractivity contribution < 1.29 is 22.8 Å². The first-order valence-corrected chi connectivity index (χ1v) is 11.3. The standard InChI is InChI=1S/C21H27N3O4S/c1-4-28-19-9-7-18(8-10-19)22-29(26,27)20-15-17(6-5-16(20)2)21(25)24-13-11-23(3)12-14-24/h5-10,15,22H,4,11-14H2,1-3H3/p+1. The van der Waals surface area contributed by atoms with Crippen LogP contribution < -0.4 is 14.4 Å². The number of benzene rings is 2. The van der Waals surface area contributed by atoms with Gasteiger partial charge in [0.15, 0.2) is 0 Å². The highest BCUT2D eigenvalue weighted by Gasteiger charge is 2.25. The van der Waals surface area contributed by atoms with E-state index in [-0.39, 0.29) is 10.8 Å². The van der Waals surface area contributed by atoms with Crippen molar-refractivity contribution in [3.05, 3.63) is 53.6 Å². The second-order valence-electron chi connectivity index (χ2n) is 7.29. The molecule has 0 radical (unpaired) electrons. The number of nitrogens with one attached hydrogen (secondary N) is 2. The molecule has 0 aromatic heterocycles. The van der Waals surface area contributed by atoms with Crippen LogP contribution in [-0.4, -0.2) is 59.1 Å². The Kier molecular flexibility index (Phi) is 6.44. The highest BCUT2D eigenvalue weighted by molar-refractivity contribution is 7.92. The maximum Gasteiger partial charge on any atom is 0.262 e. The lowest BCUT2D eigenvalue weighted by Crippen LogP contribution is -3.12. The summed E-state index contributed by atoms with van der Waals surface area (Å²) in [6.45, 7) is 7.27. The molecule has 156 valence electrons. The predicted molar refractivity (Wildman–Crippen MR) is 112 cm³/mol. The quantitative estimate of drug-likeness (QED) is 0.738. The molecule has 1 heterocycles. The van der Waals surface area contributed by atoms with E-state index in [1.807, 2.05) is 6.92 Å². The molecule has 0 saturated carbocycles. The first-order chi connectivity index (χ1) is 13.8. The number of hydrogen-bond acceptors (Lipinski definition) is 4. The third-order valence-electron chi connectivity index (χ3n) is 5.05. The van der Waals surface area contributed by atoms with Crippen molar-refractivity contribution >= 4 is 21.6 Å². The Hall–Kier alpha value is -2.58. The zero-order valence-corrected chi connectivity index (χ0v) is 17.9. The van der Waals surface area contributed by atoms with Gasteiger partial charge >= 0.3 is 0 Å². The fourth-order valence-electron chi connectivity index (χ4n) is 3.29. The van der Waals surface area contributed by atoms with E-state index in [4.69, 9.17) is 4.74 Å². The minimum Gasteiger partial charge on any atom is -0.494 e. The molecule has 2 N–H and O–H groups in total. The van der Waals surface area contributed by atoms with Crippen molar-refractivity contribution in [1.29, 1.82) is 0 Å². The lowest BCUT2D eigenvalue weighted by atomic mass is 10.1. The molecular weight excluding hydrogens is 390 g/mol. The summed E-state index contributed by atoms with van der Waals surface area (Å²) >= 11 is 0. The van der Waals surface area contributed by atoms with Gasteiger partial charge in [-0.05, 0) is 55.8 Å². The molecule has 0 atom stereocenters. The summed E-state index contributed by atoms with van der Waals surface area (Å²) in [5, 5.41) is 0. The summed E-state index contributed by atoms with van der Waals surface area (Å²) in [5.74, 6) is 0.545. The smallest absolute Gasteiger partial charge is 0.262 e. The average Bonchev–Trinajstić information content (AvgIpc) is 2.70. The van der Waals surface area contributed by atoms with Crippen LogP contribution in [0.1, 0.15) is 22.8 Å². The number of sulfonamides is 1. The van der Waals surface area contributed by atoms with Gasteiger partial charge in [-0.25, -0.2) is 8.42 Å². The Morgan fingerprint density at radius 3 is 2.41 bits per heavy atom. The van der Waals surface area contributed by atoms with Crippen LogP contribution in [0.4, 0.5) is 5.69 Å². The summed E-state index contributed by atoms with van der Waals surface area (Å²) < 4.78 is 33.9. The number of quaternary nitrogens is 1. The molecule has 2 aromatic carbocycles. The van der Waals surface area contributed by atoms with E-state index in [1.165, 1.54) is 11.0 Å². The van der Waals surface area contributed by atoms with Crippen LogP contribution in [0.3, 0.4) is 0 Å². The van der Waals surface area contributed by atoms with Gasteiger partial charge in [-0.1, -0.05) is 6.07 Å². The Bertz CT molecular complexity index is 966. The van der Waals surface area contributed by atoms with Gasteiger partial charge in [0.1, 0.15) is 5.75 Å². The first-order valence-electron chi connectivity index (χ1n) is 9.77. The molecule has 0 bridgehead atoms. The van der Waals surface area contributed by atoms with E-state index in [2.05, 4.69) is 11.8 Å². The summed E-state index contributed by atoms with van der Waals surface area (Å²) in [6, 6.07) is 11.6. The van der Waals surface area contributed by atoms with Gasteiger partial charge in [0.2, 0.25) is 0 Å². The van der Waals surface area contributed by atoms with Gasteiger partial charge < -0.3 is 14.5 Å². The summed E-state index contributed by atoms with van der Waals surface area (Å²) in [5.41, 5.74) is 1.41. The van der Waals surface area contributed by atoms with Gasteiger partial charge in [-0.3, -0.25) is 9.52 Å². The van der Waals surface area contributed by atoms with Crippen LogP contribution in [0, 0.1) is 6.92 Å². The predicted octanol–water partition coefficient (Wildman–Crippen LogP) is 1.17. The number of ether oxygens (including phenoxy) is 1. The number of carbonyl (C=O) groups is 1. The molecule has 8 heteroatoms. The first kappa shape index (κ1) is 21.1. The van der Waals surface area contributed by atoms with E-state index < -0.39 is 10.0 Å². The monoisotopic (exact) mass is 418 g/mol. The molecule has 1 fully saturated rings. The number of piperazine rings is 1. The maximum absolute atomic E-state index is 13.0. The Balaban J connectivity index is 1.81. The highest BCUT2D eigenvalue weighted by Crippen LogP contribution is 2.23. The molecule has 1 saturated heterocycles. The highest BCUT2D eigenvalue weighted by atomic mass is 32.2. The van der Waals surface area contributed by atoms with Crippen LogP contribution in [-0.2, 0) is 10.0 Å². The molecule has 0 spiro atoms. The number of rotatable bonds is 6. The summed E-state index contributed by atoms with van der Waals surface area (Å²) in [4.78, 5) is 16.1. The van der Waals surface area contributed by atoms with Crippen molar-refractivity contribution in [3.63, 3.8) is 0 Å². The second kappa shape index (κ2) is 8.84. The molecule has 1 aliphatic heterocycles. The molecule has 0 aliphatic carbocycles. The number of carbonyl (C=O) groups excluding carboxylic acids is 1. The third kappa shape index (κ3) is 5.07. The Labute approximate surface area is 172 Å². The van der Waals surface area contributed by atoms with Crippen molar-refractivity contribution in [3.8, 4) is 5.75 Å². The topological polar surface area (TPSA) is 80.1 Å². The zero-order valence-electron chi connectivity index (χ0n) is 17.1. The second-order valence-corrected chi connectivity index (χ2v) is 8.94. The van der Waals surface area contributed by atoms with Gasteiger partial charge in [-0.2, -0.15) is 0 Å². The van der Waals surface area contributed by atoms with E-state index in [0.717, 1.165) is 13.1 Å². The number of anilines is 1. The van der Waals surface area contributed by atoms with Gasteiger partial charge in [0, 0.05) is 11.3 Å². The molecule has 1 amide bonds. The van der Waals surface area contributed by atoms with Crippen LogP contribution in [0.5, 0.6) is 5.75 Å².